The van der Waals surface area contributed by atoms with E-state index in [1.54, 1.807) is 17.9 Å². The standard InChI is InChI=1S/C18H13FN6O4/c1-9-20-21-18(28-9)24(13-5-4-11(19)8-12(13)10-2-3-10)14-6-7-15(25(26)27)17-16(14)22-29-23-17/h4-8,10H,2-3H2,1H3. The summed E-state index contributed by atoms with van der Waals surface area (Å²) in [5, 5.41) is 26.8. The Bertz CT molecular complexity index is 1250. The first-order chi connectivity index (χ1) is 14.0. The van der Waals surface area contributed by atoms with Crippen molar-refractivity contribution in [1.29, 1.82) is 0 Å². The topological polar surface area (TPSA) is 124 Å². The van der Waals surface area contributed by atoms with Crippen LogP contribution in [0.2, 0.25) is 0 Å². The predicted octanol–water partition coefficient (Wildman–Crippen LogP) is 4.31. The van der Waals surface area contributed by atoms with E-state index >= 15 is 0 Å². The van der Waals surface area contributed by atoms with Crippen LogP contribution in [0.4, 0.5) is 27.5 Å². The molecule has 0 saturated heterocycles. The average molecular weight is 396 g/mol. The van der Waals surface area contributed by atoms with E-state index in [-0.39, 0.29) is 34.5 Å². The van der Waals surface area contributed by atoms with Crippen molar-refractivity contribution in [3.8, 4) is 0 Å². The summed E-state index contributed by atoms with van der Waals surface area (Å²) >= 11 is 0. The second-order valence-corrected chi connectivity index (χ2v) is 6.74. The molecule has 1 fully saturated rings. The Balaban J connectivity index is 1.78. The van der Waals surface area contributed by atoms with E-state index in [1.165, 1.54) is 24.3 Å². The van der Waals surface area contributed by atoms with Crippen molar-refractivity contribution in [3.05, 3.63) is 57.7 Å². The third-order valence-corrected chi connectivity index (χ3v) is 4.76. The zero-order valence-corrected chi connectivity index (χ0v) is 15.1. The Morgan fingerprint density at radius 2 is 1.90 bits per heavy atom. The van der Waals surface area contributed by atoms with Crippen molar-refractivity contribution < 1.29 is 18.4 Å². The number of nitro groups is 1. The fourth-order valence-electron chi connectivity index (χ4n) is 3.33. The van der Waals surface area contributed by atoms with Gasteiger partial charge >= 0.3 is 11.7 Å². The third-order valence-electron chi connectivity index (χ3n) is 4.76. The number of nitro benzene ring substituents is 1. The van der Waals surface area contributed by atoms with Crippen molar-refractivity contribution in [3.63, 3.8) is 0 Å². The molecule has 146 valence electrons. The summed E-state index contributed by atoms with van der Waals surface area (Å²) in [4.78, 5) is 12.4. The molecule has 0 unspecified atom stereocenters. The minimum Gasteiger partial charge on any atom is -0.408 e. The molecule has 0 aliphatic heterocycles. The molecule has 0 atom stereocenters. The summed E-state index contributed by atoms with van der Waals surface area (Å²) < 4.78 is 24.4. The van der Waals surface area contributed by atoms with Gasteiger partial charge in [-0.15, -0.1) is 5.10 Å². The summed E-state index contributed by atoms with van der Waals surface area (Å²) in [7, 11) is 0. The predicted molar refractivity (Wildman–Crippen MR) is 97.7 cm³/mol. The minimum absolute atomic E-state index is 0.0104. The Hall–Kier alpha value is -3.89. The molecule has 1 saturated carbocycles. The fourth-order valence-corrected chi connectivity index (χ4v) is 3.33. The molecule has 4 aromatic rings. The first-order valence-electron chi connectivity index (χ1n) is 8.82. The van der Waals surface area contributed by atoms with Crippen LogP contribution in [-0.4, -0.2) is 25.4 Å². The van der Waals surface area contributed by atoms with Gasteiger partial charge in [-0.05, 0) is 58.9 Å². The molecule has 0 N–H and O–H groups in total. The van der Waals surface area contributed by atoms with Crippen LogP contribution in [0.25, 0.3) is 11.0 Å². The van der Waals surface area contributed by atoms with Crippen LogP contribution in [0.15, 0.2) is 39.4 Å². The number of hydrogen-bond acceptors (Lipinski definition) is 9. The SMILES string of the molecule is Cc1nnc(N(c2ccc(F)cc2C2CC2)c2ccc([N+](=O)[O-])c3nonc23)o1. The summed E-state index contributed by atoms with van der Waals surface area (Å²) in [6, 6.07) is 7.36. The lowest BCUT2D eigenvalue weighted by Gasteiger charge is -2.23. The molecule has 5 rings (SSSR count). The molecule has 1 aliphatic rings. The van der Waals surface area contributed by atoms with Crippen LogP contribution in [-0.2, 0) is 0 Å². The molecule has 0 radical (unpaired) electrons. The zero-order valence-electron chi connectivity index (χ0n) is 15.1. The van der Waals surface area contributed by atoms with Gasteiger partial charge < -0.3 is 4.42 Å². The molecule has 2 aromatic heterocycles. The van der Waals surface area contributed by atoms with E-state index in [1.807, 2.05) is 0 Å². The highest BCUT2D eigenvalue weighted by Gasteiger charge is 2.33. The number of halogens is 1. The first kappa shape index (κ1) is 17.2. The van der Waals surface area contributed by atoms with Gasteiger partial charge in [0.25, 0.3) is 0 Å². The molecule has 2 heterocycles. The molecule has 29 heavy (non-hydrogen) atoms. The molecule has 11 heteroatoms. The molecule has 0 bridgehead atoms. The maximum Gasteiger partial charge on any atom is 0.327 e. The van der Waals surface area contributed by atoms with Gasteiger partial charge in [-0.25, -0.2) is 9.02 Å². The molecule has 10 nitrogen and oxygen atoms in total. The van der Waals surface area contributed by atoms with Gasteiger partial charge in [-0.2, -0.15) is 0 Å². The van der Waals surface area contributed by atoms with E-state index < -0.39 is 4.92 Å². The summed E-state index contributed by atoms with van der Waals surface area (Å²) in [5.41, 5.74) is 1.70. The average Bonchev–Trinajstić information content (AvgIpc) is 3.27. The van der Waals surface area contributed by atoms with Crippen LogP contribution in [0.5, 0.6) is 0 Å². The zero-order chi connectivity index (χ0) is 20.1. The highest BCUT2D eigenvalue weighted by Crippen LogP contribution is 2.48. The number of nitrogens with zero attached hydrogens (tertiary/aromatic N) is 6. The first-order valence-corrected chi connectivity index (χ1v) is 8.82. The Kier molecular flexibility index (Phi) is 3.76. The third kappa shape index (κ3) is 2.87. The largest absolute Gasteiger partial charge is 0.408 e. The van der Waals surface area contributed by atoms with Crippen LogP contribution >= 0.6 is 0 Å². The number of aromatic nitrogens is 4. The van der Waals surface area contributed by atoms with Gasteiger partial charge in [0.05, 0.1) is 16.3 Å². The Morgan fingerprint density at radius 3 is 2.59 bits per heavy atom. The van der Waals surface area contributed by atoms with Gasteiger partial charge in [0.1, 0.15) is 5.82 Å². The van der Waals surface area contributed by atoms with Crippen molar-refractivity contribution in [1.82, 2.24) is 20.5 Å². The van der Waals surface area contributed by atoms with Gasteiger partial charge in [0.15, 0.2) is 5.52 Å². The quantitative estimate of drug-likeness (QED) is 0.358. The van der Waals surface area contributed by atoms with Crippen molar-refractivity contribution in [2.24, 2.45) is 0 Å². The fraction of sp³-hybridized carbons (Fsp3) is 0.222. The molecular formula is C18H13FN6O4. The highest BCUT2D eigenvalue weighted by molar-refractivity contribution is 5.97. The lowest BCUT2D eigenvalue weighted by atomic mass is 10.1. The highest BCUT2D eigenvalue weighted by atomic mass is 19.1. The maximum absolute atomic E-state index is 14.0. The minimum atomic E-state index is -0.564. The van der Waals surface area contributed by atoms with E-state index in [4.69, 9.17) is 9.05 Å². The number of benzene rings is 2. The van der Waals surface area contributed by atoms with Crippen LogP contribution in [0.3, 0.4) is 0 Å². The van der Waals surface area contributed by atoms with E-state index in [0.717, 1.165) is 18.4 Å². The van der Waals surface area contributed by atoms with E-state index in [0.29, 0.717) is 17.3 Å². The lowest BCUT2D eigenvalue weighted by Crippen LogP contribution is -2.13. The number of hydrogen-bond donors (Lipinski definition) is 0. The number of non-ortho nitro benzene ring substituents is 1. The van der Waals surface area contributed by atoms with Gasteiger partial charge in [-0.1, -0.05) is 5.10 Å². The lowest BCUT2D eigenvalue weighted by molar-refractivity contribution is -0.383. The second kappa shape index (κ2) is 6.33. The second-order valence-electron chi connectivity index (χ2n) is 6.74. The summed E-state index contributed by atoms with van der Waals surface area (Å²) in [6.45, 7) is 1.64. The van der Waals surface area contributed by atoms with E-state index in [2.05, 4.69) is 20.5 Å². The number of aryl methyl sites for hydroxylation is 1. The summed E-state index contributed by atoms with van der Waals surface area (Å²) in [5.74, 6) is 0.182. The number of rotatable bonds is 5. The van der Waals surface area contributed by atoms with Crippen LogP contribution in [0, 0.1) is 22.9 Å². The molecular weight excluding hydrogens is 383 g/mol. The van der Waals surface area contributed by atoms with Crippen LogP contribution < -0.4 is 4.90 Å². The summed E-state index contributed by atoms with van der Waals surface area (Å²) in [6.07, 6.45) is 1.88. The monoisotopic (exact) mass is 396 g/mol. The van der Waals surface area contributed by atoms with Gasteiger partial charge in [-0.3, -0.25) is 15.0 Å². The van der Waals surface area contributed by atoms with Crippen LogP contribution in [0.1, 0.15) is 30.2 Å². The smallest absolute Gasteiger partial charge is 0.327 e. The van der Waals surface area contributed by atoms with Crippen molar-refractivity contribution >= 4 is 34.1 Å². The van der Waals surface area contributed by atoms with Gasteiger partial charge in [0, 0.05) is 13.0 Å². The van der Waals surface area contributed by atoms with Crippen molar-refractivity contribution in [2.45, 2.75) is 25.7 Å². The Labute approximate surface area is 162 Å². The molecule has 0 amide bonds. The normalized spacial score (nSPS) is 13.7. The Morgan fingerprint density at radius 1 is 1.14 bits per heavy atom. The maximum atomic E-state index is 14.0. The number of fused-ring (bicyclic) bond motifs is 1. The van der Waals surface area contributed by atoms with E-state index in [9.17, 15) is 14.5 Å². The number of anilines is 3. The molecule has 2 aromatic carbocycles. The van der Waals surface area contributed by atoms with Gasteiger partial charge in [0.2, 0.25) is 11.4 Å². The molecule has 1 aliphatic carbocycles. The molecule has 0 spiro atoms. The van der Waals surface area contributed by atoms with Crippen molar-refractivity contribution in [2.75, 3.05) is 4.90 Å².